The summed E-state index contributed by atoms with van der Waals surface area (Å²) in [5.41, 5.74) is 0. The maximum absolute atomic E-state index is 12.4. The molecule has 2 saturated carbocycles. The molecule has 2 unspecified atom stereocenters. The summed E-state index contributed by atoms with van der Waals surface area (Å²) in [7, 11) is 2.02. The van der Waals surface area contributed by atoms with E-state index in [0.29, 0.717) is 23.1 Å². The van der Waals surface area contributed by atoms with Crippen LogP contribution in [0.2, 0.25) is 0 Å². The van der Waals surface area contributed by atoms with Crippen molar-refractivity contribution < 1.29 is 4.79 Å². The molecular weight excluding hydrogens is 266 g/mol. The number of carbonyl (C=O) groups excluding carboxylic acids is 1. The van der Waals surface area contributed by atoms with Gasteiger partial charge in [-0.3, -0.25) is 4.79 Å². The van der Waals surface area contributed by atoms with E-state index in [1.807, 2.05) is 18.8 Å². The van der Waals surface area contributed by atoms with Crippen molar-refractivity contribution in [3.8, 4) is 0 Å². The molecule has 0 radical (unpaired) electrons. The van der Waals surface area contributed by atoms with E-state index >= 15 is 0 Å². The van der Waals surface area contributed by atoms with Crippen LogP contribution in [0.15, 0.2) is 35.2 Å². The first kappa shape index (κ1) is 14.0. The van der Waals surface area contributed by atoms with Gasteiger partial charge in [0.25, 0.3) is 0 Å². The summed E-state index contributed by atoms with van der Waals surface area (Å²) in [5.74, 6) is 0.713. The minimum Gasteiger partial charge on any atom is -0.341 e. The van der Waals surface area contributed by atoms with Gasteiger partial charge in [-0.15, -0.1) is 11.8 Å². The van der Waals surface area contributed by atoms with Gasteiger partial charge in [0.2, 0.25) is 5.91 Å². The first-order valence-corrected chi connectivity index (χ1v) is 8.62. The lowest BCUT2D eigenvalue weighted by molar-refractivity contribution is -0.138. The van der Waals surface area contributed by atoms with Crippen LogP contribution in [0.5, 0.6) is 0 Å². The van der Waals surface area contributed by atoms with E-state index < -0.39 is 0 Å². The van der Waals surface area contributed by atoms with Gasteiger partial charge in [-0.2, -0.15) is 0 Å². The molecule has 0 aliphatic heterocycles. The quantitative estimate of drug-likeness (QED) is 0.836. The molecule has 1 aromatic rings. The van der Waals surface area contributed by atoms with Crippen LogP contribution in [-0.2, 0) is 4.79 Å². The molecule has 3 heteroatoms. The van der Waals surface area contributed by atoms with Crippen molar-refractivity contribution in [2.75, 3.05) is 7.05 Å². The zero-order valence-corrected chi connectivity index (χ0v) is 12.9. The molecule has 108 valence electrons. The van der Waals surface area contributed by atoms with E-state index in [-0.39, 0.29) is 0 Å². The lowest BCUT2D eigenvalue weighted by Gasteiger charge is -2.35. The fourth-order valence-electron chi connectivity index (χ4n) is 3.27. The van der Waals surface area contributed by atoms with Crippen molar-refractivity contribution >= 4 is 17.7 Å². The fraction of sp³-hybridized carbons (Fsp3) is 0.588. The molecule has 0 spiro atoms. The molecular formula is C17H23NOS. The molecule has 2 fully saturated rings. The topological polar surface area (TPSA) is 20.3 Å². The average molecular weight is 289 g/mol. The molecule has 1 aromatic carbocycles. The molecule has 0 aromatic heterocycles. The summed E-state index contributed by atoms with van der Waals surface area (Å²) in [6.07, 6.45) is 7.08. The zero-order chi connectivity index (χ0) is 13.9. The van der Waals surface area contributed by atoms with E-state index in [0.717, 1.165) is 12.8 Å². The molecule has 2 atom stereocenters. The molecule has 0 bridgehead atoms. The number of carbonyl (C=O) groups is 1. The lowest BCUT2D eigenvalue weighted by atomic mass is 9.84. The molecule has 1 amide bonds. The van der Waals surface area contributed by atoms with Gasteiger partial charge in [0.1, 0.15) is 0 Å². The highest BCUT2D eigenvalue weighted by Gasteiger charge is 2.37. The van der Waals surface area contributed by atoms with Gasteiger partial charge in [0.15, 0.2) is 0 Å². The van der Waals surface area contributed by atoms with Crippen molar-refractivity contribution in [3.05, 3.63) is 30.3 Å². The van der Waals surface area contributed by atoms with E-state index in [4.69, 9.17) is 0 Å². The summed E-state index contributed by atoms with van der Waals surface area (Å²) in [5, 5.41) is 0.562. The van der Waals surface area contributed by atoms with Crippen LogP contribution >= 0.6 is 11.8 Å². The maximum atomic E-state index is 12.4. The minimum atomic E-state index is 0.322. The van der Waals surface area contributed by atoms with Gasteiger partial charge in [0, 0.05) is 29.2 Å². The van der Waals surface area contributed by atoms with Crippen LogP contribution in [0.4, 0.5) is 0 Å². The Bertz CT molecular complexity index is 457. The highest BCUT2D eigenvalue weighted by Crippen LogP contribution is 2.38. The Labute approximate surface area is 125 Å². The van der Waals surface area contributed by atoms with Gasteiger partial charge >= 0.3 is 0 Å². The third-order valence-corrected chi connectivity index (χ3v) is 6.14. The Morgan fingerprint density at radius 3 is 2.45 bits per heavy atom. The lowest BCUT2D eigenvalue weighted by Crippen LogP contribution is -2.45. The fourth-order valence-corrected chi connectivity index (χ4v) is 4.69. The third kappa shape index (κ3) is 2.88. The van der Waals surface area contributed by atoms with E-state index in [9.17, 15) is 4.79 Å². The maximum Gasteiger partial charge on any atom is 0.225 e. The van der Waals surface area contributed by atoms with E-state index in [2.05, 4.69) is 35.2 Å². The highest BCUT2D eigenvalue weighted by molar-refractivity contribution is 8.00. The van der Waals surface area contributed by atoms with Gasteiger partial charge in [-0.25, -0.2) is 0 Å². The Balaban J connectivity index is 1.64. The first-order chi connectivity index (χ1) is 9.75. The Kier molecular flexibility index (Phi) is 4.35. The standard InChI is InChI=1S/C17H23NOS/c1-18(17(19)13-7-5-8-13)15-11-6-12-16(15)20-14-9-3-2-4-10-14/h2-4,9-10,13,15-16H,5-8,11-12H2,1H3. The Hall–Kier alpha value is -0.960. The molecule has 0 saturated heterocycles. The van der Waals surface area contributed by atoms with E-state index in [1.165, 1.54) is 30.6 Å². The van der Waals surface area contributed by atoms with Crippen LogP contribution in [0.3, 0.4) is 0 Å². The average Bonchev–Trinajstić information content (AvgIpc) is 2.85. The number of rotatable bonds is 4. The number of thioether (sulfide) groups is 1. The van der Waals surface area contributed by atoms with Crippen molar-refractivity contribution in [3.63, 3.8) is 0 Å². The molecule has 2 nitrogen and oxygen atoms in total. The van der Waals surface area contributed by atoms with Crippen LogP contribution in [-0.4, -0.2) is 29.1 Å². The van der Waals surface area contributed by atoms with Gasteiger partial charge in [0.05, 0.1) is 0 Å². The largest absolute Gasteiger partial charge is 0.341 e. The summed E-state index contributed by atoms with van der Waals surface area (Å²) >= 11 is 1.95. The van der Waals surface area contributed by atoms with Gasteiger partial charge < -0.3 is 4.90 Å². The summed E-state index contributed by atoms with van der Waals surface area (Å²) in [4.78, 5) is 15.8. The SMILES string of the molecule is CN(C(=O)C1CCC1)C1CCCC1Sc1ccccc1. The Morgan fingerprint density at radius 1 is 1.10 bits per heavy atom. The highest BCUT2D eigenvalue weighted by atomic mass is 32.2. The molecule has 0 N–H and O–H groups in total. The van der Waals surface area contributed by atoms with Crippen molar-refractivity contribution in [2.45, 2.75) is 54.7 Å². The predicted molar refractivity (Wildman–Crippen MR) is 83.8 cm³/mol. The number of benzene rings is 1. The molecule has 2 aliphatic rings. The molecule has 2 aliphatic carbocycles. The monoisotopic (exact) mass is 289 g/mol. The summed E-state index contributed by atoms with van der Waals surface area (Å²) < 4.78 is 0. The Morgan fingerprint density at radius 2 is 1.80 bits per heavy atom. The van der Waals surface area contributed by atoms with Crippen LogP contribution < -0.4 is 0 Å². The number of hydrogen-bond acceptors (Lipinski definition) is 2. The van der Waals surface area contributed by atoms with Crippen molar-refractivity contribution in [2.24, 2.45) is 5.92 Å². The van der Waals surface area contributed by atoms with Crippen molar-refractivity contribution in [1.82, 2.24) is 4.90 Å². The molecule has 0 heterocycles. The predicted octanol–water partition coefficient (Wildman–Crippen LogP) is 3.96. The second kappa shape index (κ2) is 6.21. The second-order valence-electron chi connectivity index (χ2n) is 6.04. The zero-order valence-electron chi connectivity index (χ0n) is 12.1. The summed E-state index contributed by atoms with van der Waals surface area (Å²) in [6, 6.07) is 11.0. The molecule has 20 heavy (non-hydrogen) atoms. The smallest absolute Gasteiger partial charge is 0.225 e. The normalized spacial score (nSPS) is 26.2. The van der Waals surface area contributed by atoms with Crippen LogP contribution in [0.1, 0.15) is 38.5 Å². The number of hydrogen-bond donors (Lipinski definition) is 0. The van der Waals surface area contributed by atoms with Crippen LogP contribution in [0, 0.1) is 5.92 Å². The minimum absolute atomic E-state index is 0.322. The second-order valence-corrected chi connectivity index (χ2v) is 7.36. The third-order valence-electron chi connectivity index (χ3n) is 4.75. The summed E-state index contributed by atoms with van der Waals surface area (Å²) in [6.45, 7) is 0. The number of nitrogens with zero attached hydrogens (tertiary/aromatic N) is 1. The van der Waals surface area contributed by atoms with E-state index in [1.54, 1.807) is 0 Å². The number of amides is 1. The van der Waals surface area contributed by atoms with Crippen LogP contribution in [0.25, 0.3) is 0 Å². The van der Waals surface area contributed by atoms with Crippen molar-refractivity contribution in [1.29, 1.82) is 0 Å². The molecule has 3 rings (SSSR count). The first-order valence-electron chi connectivity index (χ1n) is 7.74. The van der Waals surface area contributed by atoms with Gasteiger partial charge in [-0.1, -0.05) is 31.0 Å². The van der Waals surface area contributed by atoms with Gasteiger partial charge in [-0.05, 0) is 37.8 Å².